The van der Waals surface area contributed by atoms with E-state index in [0.717, 1.165) is 22.3 Å². The van der Waals surface area contributed by atoms with Crippen molar-refractivity contribution in [3.63, 3.8) is 0 Å². The van der Waals surface area contributed by atoms with Crippen LogP contribution in [0.2, 0.25) is 0 Å². The second kappa shape index (κ2) is 15.8. The Hall–Kier alpha value is -5.45. The number of likely N-dealkylation sites (N-methyl/N-ethyl adjacent to an activating group) is 1. The molecule has 0 radical (unpaired) electrons. The van der Waals surface area contributed by atoms with Gasteiger partial charge in [-0.2, -0.15) is 5.06 Å². The van der Waals surface area contributed by atoms with E-state index >= 15 is 4.79 Å². The zero-order valence-electron chi connectivity index (χ0n) is 34.2. The van der Waals surface area contributed by atoms with E-state index in [1.54, 1.807) is 39.1 Å². The van der Waals surface area contributed by atoms with Crippen LogP contribution in [0.1, 0.15) is 48.1 Å². The summed E-state index contributed by atoms with van der Waals surface area (Å²) in [6.07, 6.45) is -0.300. The summed E-state index contributed by atoms with van der Waals surface area (Å²) in [5, 5.41) is 13.8. The van der Waals surface area contributed by atoms with Crippen molar-refractivity contribution in [3.8, 4) is 0 Å². The number of hydroxylamine groups is 2. The monoisotopic (exact) mass is 835 g/mol. The normalized spacial score (nSPS) is 29.4. The van der Waals surface area contributed by atoms with Gasteiger partial charge < -0.3 is 39.0 Å². The predicted molar refractivity (Wildman–Crippen MR) is 214 cm³/mol. The van der Waals surface area contributed by atoms with Gasteiger partial charge in [-0.05, 0) is 33.9 Å². The SMILES string of the molecule is CN(C(=O)C12CC3OC(=O)C1N(Cc1ccc(C=CC(=O)OC4C(=O)OCC4(C)C)cc1)OC2C1OC2(Cc4ccccc4C2)OC31)C(Cc1ccccc1)C(=O)NCCO. The third-order valence-electron chi connectivity index (χ3n) is 12.9. The van der Waals surface area contributed by atoms with Crippen molar-refractivity contribution in [2.24, 2.45) is 10.8 Å². The molecule has 3 aromatic carbocycles. The molecule has 1 spiro atoms. The van der Waals surface area contributed by atoms with Crippen molar-refractivity contribution in [2.45, 2.75) is 94.5 Å². The maximum Gasteiger partial charge on any atom is 0.348 e. The Morgan fingerprint density at radius 3 is 2.30 bits per heavy atom. The minimum Gasteiger partial charge on any atom is -0.462 e. The third-order valence-corrected chi connectivity index (χ3v) is 12.9. The number of hydrogen-bond acceptors (Lipinski definition) is 13. The number of fused-ring (bicyclic) bond motifs is 5. The van der Waals surface area contributed by atoms with Crippen LogP contribution in [0, 0.1) is 10.8 Å². The van der Waals surface area contributed by atoms with Crippen LogP contribution in [0.15, 0.2) is 84.9 Å². The zero-order valence-corrected chi connectivity index (χ0v) is 34.2. The lowest BCUT2D eigenvalue weighted by Crippen LogP contribution is -2.70. The molecule has 3 aromatic rings. The number of amides is 2. The summed E-state index contributed by atoms with van der Waals surface area (Å²) < 4.78 is 30.3. The smallest absolute Gasteiger partial charge is 0.348 e. The van der Waals surface area contributed by atoms with Crippen molar-refractivity contribution in [3.05, 3.63) is 113 Å². The second-order valence-electron chi connectivity index (χ2n) is 17.5. The van der Waals surface area contributed by atoms with Crippen molar-refractivity contribution < 1.29 is 57.6 Å². The number of cyclic esters (lactones) is 1. The Morgan fingerprint density at radius 1 is 0.934 bits per heavy atom. The number of aliphatic hydroxyl groups excluding tert-OH is 1. The first-order valence-electron chi connectivity index (χ1n) is 20.7. The van der Waals surface area contributed by atoms with E-state index in [1.807, 2.05) is 66.7 Å². The largest absolute Gasteiger partial charge is 0.462 e. The Bertz CT molecular complexity index is 2220. The summed E-state index contributed by atoms with van der Waals surface area (Å²) in [6.45, 7) is 3.54. The summed E-state index contributed by atoms with van der Waals surface area (Å²) in [5.41, 5.74) is 2.23. The van der Waals surface area contributed by atoms with Crippen molar-refractivity contribution >= 4 is 35.8 Å². The van der Waals surface area contributed by atoms with Gasteiger partial charge in [0.25, 0.3) is 0 Å². The lowest BCUT2D eigenvalue weighted by atomic mass is 9.62. The maximum atomic E-state index is 15.5. The van der Waals surface area contributed by atoms with Crippen LogP contribution in [-0.4, -0.2) is 120 Å². The number of esters is 3. The fraction of sp³-hybridized carbons (Fsp3) is 0.457. The van der Waals surface area contributed by atoms with Gasteiger partial charge in [-0.3, -0.25) is 19.2 Å². The van der Waals surface area contributed by atoms with Gasteiger partial charge in [-0.1, -0.05) is 92.7 Å². The molecule has 61 heavy (non-hydrogen) atoms. The Balaban J connectivity index is 1.01. The van der Waals surface area contributed by atoms with E-state index < -0.39 is 88.9 Å². The van der Waals surface area contributed by atoms with Gasteiger partial charge in [0.1, 0.15) is 42.5 Å². The molecular weight excluding hydrogens is 787 g/mol. The standard InChI is InChI=1S/C46H49N3O12/c1-44(2)26-56-42(54)39(44)58-34(51)18-17-27-13-15-29(16-14-27)25-49-37-41(53)57-33-24-46(37,43(55)48(3)32(40(52)47-19-20-50)21-28-9-5-4-6-10-28)38(61-49)36-35(33)59-45(60-36)22-30-11-7-8-12-31(30)23-45/h4-18,32-33,35-39,50H,19-26H2,1-3H3,(H,47,52). The van der Waals surface area contributed by atoms with Crippen LogP contribution < -0.4 is 5.32 Å². The lowest BCUT2D eigenvalue weighted by molar-refractivity contribution is -0.218. The summed E-state index contributed by atoms with van der Waals surface area (Å²) in [5.74, 6) is -3.86. The molecule has 4 aliphatic heterocycles. The van der Waals surface area contributed by atoms with Crippen LogP contribution in [0.25, 0.3) is 6.08 Å². The number of nitrogens with one attached hydrogen (secondary N) is 1. The Labute approximate surface area is 352 Å². The van der Waals surface area contributed by atoms with Gasteiger partial charge in [-0.25, -0.2) is 9.59 Å². The summed E-state index contributed by atoms with van der Waals surface area (Å²) in [6, 6.07) is 22.3. The molecule has 15 nitrogen and oxygen atoms in total. The number of carbonyl (C=O) groups excluding carboxylic acids is 5. The molecule has 5 fully saturated rings. The van der Waals surface area contributed by atoms with Gasteiger partial charge in [-0.15, -0.1) is 0 Å². The highest BCUT2D eigenvalue weighted by atomic mass is 16.8. The molecule has 4 saturated heterocycles. The first-order chi connectivity index (χ1) is 29.3. The van der Waals surface area contributed by atoms with Crippen LogP contribution in [0.3, 0.4) is 0 Å². The number of aliphatic hydroxyl groups is 1. The van der Waals surface area contributed by atoms with Crippen LogP contribution in [-0.2, 0) is 78.3 Å². The average Bonchev–Trinajstić information content (AvgIpc) is 3.99. The number of carbonyl (C=O) groups is 5. The first kappa shape index (κ1) is 40.9. The second-order valence-corrected chi connectivity index (χ2v) is 17.5. The molecular formula is C46H49N3O12. The van der Waals surface area contributed by atoms with Crippen molar-refractivity contribution in [1.82, 2.24) is 15.3 Å². The molecule has 2 aliphatic carbocycles. The molecule has 6 aliphatic rings. The molecule has 8 atom stereocenters. The summed E-state index contributed by atoms with van der Waals surface area (Å²) in [7, 11) is 1.57. The average molecular weight is 836 g/mol. The van der Waals surface area contributed by atoms with E-state index in [-0.39, 0.29) is 39.1 Å². The molecule has 2 bridgehead atoms. The molecule has 0 aromatic heterocycles. The van der Waals surface area contributed by atoms with Crippen molar-refractivity contribution in [1.29, 1.82) is 0 Å². The number of rotatable bonds is 12. The fourth-order valence-electron chi connectivity index (χ4n) is 9.92. The number of hydrogen-bond donors (Lipinski definition) is 2. The zero-order chi connectivity index (χ0) is 42.7. The molecule has 15 heteroatoms. The molecule has 1 saturated carbocycles. The van der Waals surface area contributed by atoms with Gasteiger partial charge in [0.2, 0.25) is 17.9 Å². The van der Waals surface area contributed by atoms with E-state index in [1.165, 1.54) is 16.0 Å². The highest BCUT2D eigenvalue weighted by Crippen LogP contribution is 2.59. The number of benzene rings is 3. The topological polar surface area (TPSA) is 179 Å². The van der Waals surface area contributed by atoms with E-state index in [0.29, 0.717) is 18.4 Å². The highest BCUT2D eigenvalue weighted by Gasteiger charge is 2.77. The molecule has 9 rings (SSSR count). The molecule has 8 unspecified atom stereocenters. The van der Waals surface area contributed by atoms with Crippen LogP contribution >= 0.6 is 0 Å². The maximum absolute atomic E-state index is 15.5. The first-order valence-corrected chi connectivity index (χ1v) is 20.7. The van der Waals surface area contributed by atoms with E-state index in [4.69, 9.17) is 28.5 Å². The Morgan fingerprint density at radius 2 is 1.62 bits per heavy atom. The van der Waals surface area contributed by atoms with Crippen LogP contribution in [0.4, 0.5) is 0 Å². The van der Waals surface area contributed by atoms with Crippen LogP contribution in [0.5, 0.6) is 0 Å². The van der Waals surface area contributed by atoms with Gasteiger partial charge >= 0.3 is 17.9 Å². The lowest BCUT2D eigenvalue weighted by Gasteiger charge is -2.50. The number of ether oxygens (including phenoxy) is 5. The molecule has 2 amide bonds. The summed E-state index contributed by atoms with van der Waals surface area (Å²) in [4.78, 5) is 76.6. The van der Waals surface area contributed by atoms with Crippen molar-refractivity contribution in [2.75, 3.05) is 26.8 Å². The minimum absolute atomic E-state index is 0.00114. The minimum atomic E-state index is -1.54. The number of nitrogens with zero attached hydrogens (tertiary/aromatic N) is 2. The van der Waals surface area contributed by atoms with E-state index in [2.05, 4.69) is 5.32 Å². The predicted octanol–water partition coefficient (Wildman–Crippen LogP) is 2.45. The molecule has 2 N–H and O–H groups in total. The summed E-state index contributed by atoms with van der Waals surface area (Å²) >= 11 is 0. The van der Waals surface area contributed by atoms with Gasteiger partial charge in [0.05, 0.1) is 13.2 Å². The quantitative estimate of drug-likeness (QED) is 0.155. The van der Waals surface area contributed by atoms with Gasteiger partial charge in [0.15, 0.2) is 11.8 Å². The third kappa shape index (κ3) is 7.31. The van der Waals surface area contributed by atoms with Gasteiger partial charge in [0, 0.05) is 50.8 Å². The molecule has 320 valence electrons. The highest BCUT2D eigenvalue weighted by molar-refractivity contribution is 5.96. The fourth-order valence-corrected chi connectivity index (χ4v) is 9.92. The Kier molecular flexibility index (Phi) is 10.6. The molecule has 4 heterocycles. The van der Waals surface area contributed by atoms with E-state index in [9.17, 15) is 24.3 Å².